The van der Waals surface area contributed by atoms with E-state index >= 15 is 0 Å². The van der Waals surface area contributed by atoms with Crippen LogP contribution in [-0.2, 0) is 16.0 Å². The van der Waals surface area contributed by atoms with E-state index in [-0.39, 0.29) is 41.3 Å². The van der Waals surface area contributed by atoms with E-state index in [0.717, 1.165) is 82.2 Å². The van der Waals surface area contributed by atoms with Gasteiger partial charge in [0.25, 0.3) is 0 Å². The van der Waals surface area contributed by atoms with E-state index in [1.165, 1.54) is 60.7 Å². The molecule has 5 aliphatic heterocycles. The van der Waals surface area contributed by atoms with E-state index in [2.05, 4.69) is 59.4 Å². The molecule has 4 saturated heterocycles. The van der Waals surface area contributed by atoms with Gasteiger partial charge in [0.2, 0.25) is 17.8 Å². The van der Waals surface area contributed by atoms with Crippen LogP contribution in [0.1, 0.15) is 92.9 Å². The second-order valence-electron chi connectivity index (χ2n) is 17.2. The van der Waals surface area contributed by atoms with Gasteiger partial charge in [-0.15, -0.1) is 10.2 Å². The minimum Gasteiger partial charge on any atom is -0.507 e. The van der Waals surface area contributed by atoms with Gasteiger partial charge in [-0.2, -0.15) is 0 Å². The summed E-state index contributed by atoms with van der Waals surface area (Å²) >= 11 is 0. The largest absolute Gasteiger partial charge is 0.507 e. The molecule has 4 aromatic rings. The SMILES string of the molecule is Nc1nnc(-c2cc(F)ccc2O)cc1N1C[C@H]2CC[C@@H](C1)N2c1nccc(C2CCN([C@H]3CC[C@@H](c4cccc5c4CCN5C4CCC(=O)NC4=O)CC3)CC2)n1. The van der Waals surface area contributed by atoms with Gasteiger partial charge in [0, 0.05) is 73.2 Å². The molecule has 58 heavy (non-hydrogen) atoms. The number of amides is 2. The number of phenols is 1. The zero-order valence-corrected chi connectivity index (χ0v) is 32.8. The Hall–Kier alpha value is -5.37. The molecule has 5 fully saturated rings. The number of carbonyl (C=O) groups is 2. The maximum Gasteiger partial charge on any atom is 0.249 e. The van der Waals surface area contributed by atoms with Crippen LogP contribution >= 0.6 is 0 Å². The first kappa shape index (κ1) is 36.9. The maximum atomic E-state index is 14.1. The number of piperazine rings is 1. The van der Waals surface area contributed by atoms with Crippen LogP contribution in [0.15, 0.2) is 54.7 Å². The van der Waals surface area contributed by atoms with Gasteiger partial charge in [-0.05, 0) is 131 Å². The number of nitrogen functional groups attached to an aromatic ring is 1. The number of likely N-dealkylation sites (tertiary alicyclic amines) is 1. The molecule has 14 heteroatoms. The molecule has 1 aliphatic carbocycles. The van der Waals surface area contributed by atoms with Crippen LogP contribution in [0.5, 0.6) is 5.75 Å². The van der Waals surface area contributed by atoms with Gasteiger partial charge in [0.1, 0.15) is 17.6 Å². The van der Waals surface area contributed by atoms with Gasteiger partial charge >= 0.3 is 0 Å². The Kier molecular flexibility index (Phi) is 9.61. The number of nitrogens with two attached hydrogens (primary N) is 1. The quantitative estimate of drug-likeness (QED) is 0.209. The fourth-order valence-electron chi connectivity index (χ4n) is 11.1. The smallest absolute Gasteiger partial charge is 0.249 e. The highest BCUT2D eigenvalue weighted by molar-refractivity contribution is 6.02. The molecule has 2 bridgehead atoms. The topological polar surface area (TPSA) is 157 Å². The van der Waals surface area contributed by atoms with Crippen molar-refractivity contribution in [3.8, 4) is 17.0 Å². The van der Waals surface area contributed by atoms with Gasteiger partial charge in [-0.25, -0.2) is 14.4 Å². The van der Waals surface area contributed by atoms with Crippen LogP contribution in [0.4, 0.5) is 27.5 Å². The molecule has 1 saturated carbocycles. The molecular formula is C44H51FN10O3. The molecule has 0 radical (unpaired) electrons. The Balaban J connectivity index is 0.751. The monoisotopic (exact) mass is 786 g/mol. The normalized spacial score (nSPS) is 26.6. The lowest BCUT2D eigenvalue weighted by Gasteiger charge is -2.42. The second-order valence-corrected chi connectivity index (χ2v) is 17.2. The second kappa shape index (κ2) is 15.1. The molecule has 302 valence electrons. The predicted molar refractivity (Wildman–Crippen MR) is 219 cm³/mol. The minimum absolute atomic E-state index is 0.0588. The summed E-state index contributed by atoms with van der Waals surface area (Å²) in [6.45, 7) is 4.46. The Morgan fingerprint density at radius 3 is 2.34 bits per heavy atom. The number of rotatable bonds is 7. The van der Waals surface area contributed by atoms with Crippen molar-refractivity contribution in [3.63, 3.8) is 0 Å². The van der Waals surface area contributed by atoms with Gasteiger partial charge in [0.15, 0.2) is 5.82 Å². The highest BCUT2D eigenvalue weighted by atomic mass is 19.1. The van der Waals surface area contributed by atoms with E-state index in [4.69, 9.17) is 15.7 Å². The third kappa shape index (κ3) is 6.78. The number of fused-ring (bicyclic) bond motifs is 3. The van der Waals surface area contributed by atoms with Crippen molar-refractivity contribution >= 4 is 35.0 Å². The number of halogens is 1. The fourth-order valence-corrected chi connectivity index (χ4v) is 11.1. The number of phenolic OH excluding ortho intramolecular Hbond substituents is 1. The van der Waals surface area contributed by atoms with E-state index < -0.39 is 5.82 Å². The lowest BCUT2D eigenvalue weighted by molar-refractivity contribution is -0.134. The number of hydrogen-bond donors (Lipinski definition) is 3. The van der Waals surface area contributed by atoms with Crippen molar-refractivity contribution in [1.29, 1.82) is 0 Å². The molecule has 2 aromatic heterocycles. The number of benzene rings is 2. The van der Waals surface area contributed by atoms with Gasteiger partial charge in [-0.3, -0.25) is 14.9 Å². The van der Waals surface area contributed by atoms with Gasteiger partial charge < -0.3 is 30.4 Å². The molecule has 13 nitrogen and oxygen atoms in total. The Morgan fingerprint density at radius 2 is 1.57 bits per heavy atom. The third-order valence-corrected chi connectivity index (χ3v) is 14.0. The van der Waals surface area contributed by atoms with Crippen molar-refractivity contribution in [3.05, 3.63) is 77.4 Å². The lowest BCUT2D eigenvalue weighted by Crippen LogP contribution is -2.54. The Labute approximate surface area is 337 Å². The molecule has 2 aromatic carbocycles. The van der Waals surface area contributed by atoms with E-state index in [9.17, 15) is 19.1 Å². The standard InChI is InChI=1S/C44H51FN10O3/c45-28-6-12-40(56)34(22-28)36-23-39(42(46)51-50-36)53-24-30-9-10-31(25-53)55(30)44-47-18-14-35(48-44)27-15-19-52(20-16-27)29-7-4-26(5-8-29)32-2-1-3-37-33(32)17-21-54(37)38-11-13-41(57)49-43(38)58/h1-3,6,12,14,18,22-23,26-27,29-31,38,56H,4-5,7-11,13,15-17,19-21,24-25H2,(H2,46,51)(H,49,57,58)/t26-,29+,30-,31+,38?. The van der Waals surface area contributed by atoms with Crippen LogP contribution in [-0.4, -0.2) is 98.9 Å². The van der Waals surface area contributed by atoms with Crippen LogP contribution in [0.3, 0.4) is 0 Å². The zero-order chi connectivity index (χ0) is 39.5. The molecular weight excluding hydrogens is 736 g/mol. The lowest BCUT2D eigenvalue weighted by atomic mass is 9.78. The van der Waals surface area contributed by atoms with Crippen LogP contribution in [0, 0.1) is 5.82 Å². The van der Waals surface area contributed by atoms with Crippen LogP contribution < -0.4 is 25.8 Å². The number of anilines is 4. The molecule has 4 N–H and O–H groups in total. The van der Waals surface area contributed by atoms with Crippen molar-refractivity contribution < 1.29 is 19.1 Å². The summed E-state index contributed by atoms with van der Waals surface area (Å²) in [6, 6.07) is 15.1. The highest BCUT2D eigenvalue weighted by Gasteiger charge is 2.43. The molecule has 3 atom stereocenters. The van der Waals surface area contributed by atoms with E-state index in [1.807, 2.05) is 6.20 Å². The molecule has 10 rings (SSSR count). The van der Waals surface area contributed by atoms with E-state index in [0.29, 0.717) is 42.2 Å². The minimum atomic E-state index is -0.457. The summed E-state index contributed by atoms with van der Waals surface area (Å²) in [5, 5.41) is 21.3. The van der Waals surface area contributed by atoms with Crippen molar-refractivity contribution in [2.75, 3.05) is 53.2 Å². The van der Waals surface area contributed by atoms with Crippen LogP contribution in [0.25, 0.3) is 11.3 Å². The molecule has 1 unspecified atom stereocenters. The number of aromatic hydroxyl groups is 1. The number of hydrogen-bond acceptors (Lipinski definition) is 12. The molecule has 0 spiro atoms. The van der Waals surface area contributed by atoms with Crippen molar-refractivity contribution in [2.45, 2.75) is 107 Å². The third-order valence-electron chi connectivity index (χ3n) is 14.0. The van der Waals surface area contributed by atoms with E-state index in [1.54, 1.807) is 6.07 Å². The Morgan fingerprint density at radius 1 is 0.793 bits per heavy atom. The summed E-state index contributed by atoms with van der Waals surface area (Å²) in [5.41, 5.74) is 13.0. The summed E-state index contributed by atoms with van der Waals surface area (Å²) in [7, 11) is 0. The molecule has 7 heterocycles. The number of piperidine rings is 2. The highest BCUT2D eigenvalue weighted by Crippen LogP contribution is 2.44. The number of nitrogens with one attached hydrogen (secondary N) is 1. The number of imide groups is 1. The first-order chi connectivity index (χ1) is 28.3. The molecule has 6 aliphatic rings. The summed E-state index contributed by atoms with van der Waals surface area (Å²) in [4.78, 5) is 44.1. The predicted octanol–water partition coefficient (Wildman–Crippen LogP) is 5.29. The first-order valence-electron chi connectivity index (χ1n) is 21.2. The Bertz CT molecular complexity index is 2210. The van der Waals surface area contributed by atoms with Gasteiger partial charge in [0.05, 0.1) is 11.4 Å². The number of aromatic nitrogens is 4. The van der Waals surface area contributed by atoms with Gasteiger partial charge in [-0.1, -0.05) is 12.1 Å². The number of carbonyl (C=O) groups excluding carboxylic acids is 2. The average Bonchev–Trinajstić information content (AvgIpc) is 3.79. The average molecular weight is 787 g/mol. The summed E-state index contributed by atoms with van der Waals surface area (Å²) in [6.07, 6.45) is 12.9. The molecule has 2 amide bonds. The maximum absolute atomic E-state index is 14.1. The van der Waals surface area contributed by atoms with Crippen molar-refractivity contribution in [1.82, 2.24) is 30.4 Å². The summed E-state index contributed by atoms with van der Waals surface area (Å²) in [5.74, 6) is 1.24. The fraction of sp³-hybridized carbons (Fsp3) is 0.500. The van der Waals surface area contributed by atoms with Crippen molar-refractivity contribution in [2.24, 2.45) is 0 Å². The first-order valence-corrected chi connectivity index (χ1v) is 21.2. The zero-order valence-electron chi connectivity index (χ0n) is 32.8. The van der Waals surface area contributed by atoms with Crippen LogP contribution in [0.2, 0.25) is 0 Å². The summed E-state index contributed by atoms with van der Waals surface area (Å²) < 4.78 is 14.1. The number of nitrogens with zero attached hydrogens (tertiary/aromatic N) is 8.